The molecule has 26 heavy (non-hydrogen) atoms. The van der Waals surface area contributed by atoms with Crippen LogP contribution in [0.15, 0.2) is 24.3 Å². The molecule has 1 aliphatic rings. The number of esters is 1. The molecular formula is C18H25NO6S. The van der Waals surface area contributed by atoms with Gasteiger partial charge in [-0.3, -0.25) is 4.79 Å². The van der Waals surface area contributed by atoms with E-state index in [0.717, 1.165) is 0 Å². The normalized spacial score (nSPS) is 18.5. The summed E-state index contributed by atoms with van der Waals surface area (Å²) in [7, 11) is -1.58. The van der Waals surface area contributed by atoms with Crippen LogP contribution >= 0.6 is 0 Å². The van der Waals surface area contributed by atoms with Gasteiger partial charge in [-0.1, -0.05) is 13.8 Å². The Hall–Kier alpha value is -2.09. The molecule has 1 aromatic carbocycles. The number of amides is 1. The second-order valence-electron chi connectivity index (χ2n) is 6.80. The predicted octanol–water partition coefficient (Wildman–Crippen LogP) is 1.52. The number of ether oxygens (including phenoxy) is 2. The van der Waals surface area contributed by atoms with E-state index in [2.05, 4.69) is 0 Å². The quantitative estimate of drug-likeness (QED) is 0.663. The first-order valence-corrected chi connectivity index (χ1v) is 10.3. The lowest BCUT2D eigenvalue weighted by Crippen LogP contribution is -2.45. The van der Waals surface area contributed by atoms with Gasteiger partial charge >= 0.3 is 5.97 Å². The Morgan fingerprint density at radius 1 is 1.23 bits per heavy atom. The first kappa shape index (κ1) is 20.2. The summed E-state index contributed by atoms with van der Waals surface area (Å²) >= 11 is 0. The fourth-order valence-electron chi connectivity index (χ4n) is 2.89. The van der Waals surface area contributed by atoms with Gasteiger partial charge in [0, 0.05) is 12.6 Å². The smallest absolute Gasteiger partial charge is 0.338 e. The molecule has 8 heteroatoms. The van der Waals surface area contributed by atoms with Crippen LogP contribution in [-0.4, -0.2) is 63.0 Å². The van der Waals surface area contributed by atoms with Crippen LogP contribution in [0.1, 0.15) is 30.6 Å². The van der Waals surface area contributed by atoms with E-state index < -0.39 is 22.4 Å². The third kappa shape index (κ3) is 5.45. The molecule has 1 fully saturated rings. The van der Waals surface area contributed by atoms with E-state index >= 15 is 0 Å². The molecule has 1 amide bonds. The summed E-state index contributed by atoms with van der Waals surface area (Å²) in [5, 5.41) is 0. The number of methoxy groups -OCH3 is 1. The number of carbonyl (C=O) groups excluding carboxylic acids is 2. The lowest BCUT2D eigenvalue weighted by Gasteiger charge is -2.29. The topological polar surface area (TPSA) is 90.0 Å². The summed E-state index contributed by atoms with van der Waals surface area (Å²) in [6.07, 6.45) is 0.424. The third-order valence-corrected chi connectivity index (χ3v) is 5.93. The van der Waals surface area contributed by atoms with Gasteiger partial charge in [-0.05, 0) is 36.6 Å². The maximum atomic E-state index is 12.5. The molecule has 144 valence electrons. The number of rotatable bonds is 7. The first-order valence-electron chi connectivity index (χ1n) is 8.53. The van der Waals surface area contributed by atoms with Gasteiger partial charge in [-0.15, -0.1) is 0 Å². The van der Waals surface area contributed by atoms with E-state index in [1.807, 2.05) is 13.8 Å². The molecule has 1 atom stereocenters. The molecule has 2 rings (SSSR count). The van der Waals surface area contributed by atoms with Crippen LogP contribution in [0.25, 0.3) is 0 Å². The molecule has 0 saturated carbocycles. The largest absolute Gasteiger partial charge is 0.497 e. The molecule has 1 aliphatic heterocycles. The Morgan fingerprint density at radius 3 is 2.38 bits per heavy atom. The van der Waals surface area contributed by atoms with Gasteiger partial charge in [0.05, 0.1) is 24.2 Å². The van der Waals surface area contributed by atoms with Gasteiger partial charge in [0.15, 0.2) is 16.4 Å². The van der Waals surface area contributed by atoms with Crippen LogP contribution in [0, 0.1) is 5.92 Å². The van der Waals surface area contributed by atoms with Crippen molar-refractivity contribution >= 4 is 21.7 Å². The average Bonchev–Trinajstić information content (AvgIpc) is 2.96. The zero-order chi connectivity index (χ0) is 19.3. The fourth-order valence-corrected chi connectivity index (χ4v) is 4.62. The lowest BCUT2D eigenvalue weighted by atomic mass is 10.1. The van der Waals surface area contributed by atoms with Gasteiger partial charge in [-0.2, -0.15) is 0 Å². The van der Waals surface area contributed by atoms with Crippen LogP contribution in [0.4, 0.5) is 0 Å². The molecular weight excluding hydrogens is 358 g/mol. The minimum absolute atomic E-state index is 0.0299. The van der Waals surface area contributed by atoms with E-state index in [-0.39, 0.29) is 29.4 Å². The molecule has 1 aromatic rings. The second-order valence-corrected chi connectivity index (χ2v) is 9.03. The van der Waals surface area contributed by atoms with Gasteiger partial charge < -0.3 is 14.4 Å². The van der Waals surface area contributed by atoms with E-state index in [0.29, 0.717) is 24.3 Å². The number of nitrogens with zero attached hydrogens (tertiary/aromatic N) is 1. The molecule has 0 bridgehead atoms. The van der Waals surface area contributed by atoms with Crippen molar-refractivity contribution in [3.05, 3.63) is 29.8 Å². The molecule has 0 spiro atoms. The standard InChI is InChI=1S/C18H25NO6S/c1-13(2)10-19(15-8-9-26(22,23)12-15)17(20)11-25-18(21)14-4-6-16(24-3)7-5-14/h4-7,13,15H,8-12H2,1-3H3. The first-order chi connectivity index (χ1) is 12.2. The van der Waals surface area contributed by atoms with E-state index in [4.69, 9.17) is 9.47 Å². The van der Waals surface area contributed by atoms with Crippen molar-refractivity contribution in [3.63, 3.8) is 0 Å². The summed E-state index contributed by atoms with van der Waals surface area (Å²) in [5.74, 6) is -0.127. The maximum Gasteiger partial charge on any atom is 0.338 e. The highest BCUT2D eigenvalue weighted by Gasteiger charge is 2.35. The Morgan fingerprint density at radius 2 is 1.88 bits per heavy atom. The highest BCUT2D eigenvalue weighted by Crippen LogP contribution is 2.19. The Labute approximate surface area is 154 Å². The minimum atomic E-state index is -3.10. The van der Waals surface area contributed by atoms with Gasteiger partial charge in [0.1, 0.15) is 5.75 Å². The van der Waals surface area contributed by atoms with Crippen molar-refractivity contribution in [3.8, 4) is 5.75 Å². The van der Waals surface area contributed by atoms with Crippen molar-refractivity contribution in [2.24, 2.45) is 5.92 Å². The molecule has 1 saturated heterocycles. The molecule has 0 radical (unpaired) electrons. The van der Waals surface area contributed by atoms with Crippen LogP contribution in [0.2, 0.25) is 0 Å². The second kappa shape index (κ2) is 8.53. The molecule has 0 N–H and O–H groups in total. The molecule has 1 unspecified atom stereocenters. The third-order valence-electron chi connectivity index (χ3n) is 4.18. The van der Waals surface area contributed by atoms with Gasteiger partial charge in [-0.25, -0.2) is 13.2 Å². The zero-order valence-corrected chi connectivity index (χ0v) is 16.1. The number of hydrogen-bond donors (Lipinski definition) is 0. The number of sulfone groups is 1. The van der Waals surface area contributed by atoms with Crippen molar-refractivity contribution < 1.29 is 27.5 Å². The van der Waals surface area contributed by atoms with Gasteiger partial charge in [0.25, 0.3) is 5.91 Å². The molecule has 0 aliphatic carbocycles. The van der Waals surface area contributed by atoms with Crippen LogP contribution in [0.3, 0.4) is 0 Å². The predicted molar refractivity (Wildman–Crippen MR) is 96.9 cm³/mol. The molecule has 0 aromatic heterocycles. The summed E-state index contributed by atoms with van der Waals surface area (Å²) in [6, 6.07) is 6.02. The highest BCUT2D eigenvalue weighted by atomic mass is 32.2. The van der Waals surface area contributed by atoms with Crippen molar-refractivity contribution in [2.45, 2.75) is 26.3 Å². The number of benzene rings is 1. The Kier molecular flexibility index (Phi) is 6.63. The van der Waals surface area contributed by atoms with E-state index in [9.17, 15) is 18.0 Å². The van der Waals surface area contributed by atoms with Crippen molar-refractivity contribution in [1.82, 2.24) is 4.90 Å². The van der Waals surface area contributed by atoms with Crippen LogP contribution in [0.5, 0.6) is 5.75 Å². The number of hydrogen-bond acceptors (Lipinski definition) is 6. The SMILES string of the molecule is COc1ccc(C(=O)OCC(=O)N(CC(C)C)C2CCS(=O)(=O)C2)cc1. The van der Waals surface area contributed by atoms with E-state index in [1.165, 1.54) is 12.0 Å². The molecule has 7 nitrogen and oxygen atoms in total. The Bertz CT molecular complexity index is 741. The summed E-state index contributed by atoms with van der Waals surface area (Å²) < 4.78 is 33.6. The summed E-state index contributed by atoms with van der Waals surface area (Å²) in [6.45, 7) is 3.92. The summed E-state index contributed by atoms with van der Waals surface area (Å²) in [4.78, 5) is 26.2. The average molecular weight is 383 g/mol. The van der Waals surface area contributed by atoms with E-state index in [1.54, 1.807) is 24.3 Å². The lowest BCUT2D eigenvalue weighted by molar-refractivity contribution is -0.137. The van der Waals surface area contributed by atoms with Crippen LogP contribution in [-0.2, 0) is 19.4 Å². The summed E-state index contributed by atoms with van der Waals surface area (Å²) in [5.41, 5.74) is 0.317. The van der Waals surface area contributed by atoms with Crippen molar-refractivity contribution in [1.29, 1.82) is 0 Å². The minimum Gasteiger partial charge on any atom is -0.497 e. The number of carbonyl (C=O) groups is 2. The highest BCUT2D eigenvalue weighted by molar-refractivity contribution is 7.91. The molecule has 1 heterocycles. The maximum absolute atomic E-state index is 12.5. The zero-order valence-electron chi connectivity index (χ0n) is 15.3. The van der Waals surface area contributed by atoms with Crippen molar-refractivity contribution in [2.75, 3.05) is 31.8 Å². The van der Waals surface area contributed by atoms with Gasteiger partial charge in [0.2, 0.25) is 0 Å². The Balaban J connectivity index is 1.98. The fraction of sp³-hybridized carbons (Fsp3) is 0.556. The monoisotopic (exact) mass is 383 g/mol. The van der Waals surface area contributed by atoms with Crippen LogP contribution < -0.4 is 4.74 Å².